The van der Waals surface area contributed by atoms with Crippen molar-refractivity contribution in [3.05, 3.63) is 95.0 Å². The number of hydrogen-bond donors (Lipinski definition) is 0. The standard InChI is InChI=1S/C24H25ClN2O/c25-22-8-10-23(11-9-22)27-16-14-26(15-17-27)18-20-6-12-24(13-7-20)28-19-21-4-2-1-3-5-21/h1-13H,14-19H2. The van der Waals surface area contributed by atoms with Crippen LogP contribution in [0, 0.1) is 0 Å². The van der Waals surface area contributed by atoms with Gasteiger partial charge in [0.05, 0.1) is 0 Å². The van der Waals surface area contributed by atoms with Gasteiger partial charge in [-0.15, -0.1) is 0 Å². The Kier molecular flexibility index (Phi) is 6.15. The summed E-state index contributed by atoms with van der Waals surface area (Å²) in [7, 11) is 0. The second kappa shape index (κ2) is 9.13. The average Bonchev–Trinajstić information content (AvgIpc) is 2.75. The Balaban J connectivity index is 1.25. The number of benzene rings is 3. The first-order valence-electron chi connectivity index (χ1n) is 9.75. The van der Waals surface area contributed by atoms with Crippen molar-refractivity contribution in [3.8, 4) is 5.75 Å². The van der Waals surface area contributed by atoms with E-state index in [0.29, 0.717) is 6.61 Å². The van der Waals surface area contributed by atoms with Crippen LogP contribution in [0.2, 0.25) is 5.02 Å². The summed E-state index contributed by atoms with van der Waals surface area (Å²) in [6.07, 6.45) is 0. The highest BCUT2D eigenvalue weighted by atomic mass is 35.5. The van der Waals surface area contributed by atoms with Gasteiger partial charge in [0.25, 0.3) is 0 Å². The van der Waals surface area contributed by atoms with Crippen LogP contribution in [0.15, 0.2) is 78.9 Å². The van der Waals surface area contributed by atoms with E-state index in [2.05, 4.69) is 58.3 Å². The van der Waals surface area contributed by atoms with Gasteiger partial charge in [0.1, 0.15) is 12.4 Å². The van der Waals surface area contributed by atoms with Gasteiger partial charge < -0.3 is 9.64 Å². The SMILES string of the molecule is Clc1ccc(N2CCN(Cc3ccc(OCc4ccccc4)cc3)CC2)cc1. The molecule has 0 radical (unpaired) electrons. The molecule has 3 aromatic rings. The Morgan fingerprint density at radius 3 is 2.07 bits per heavy atom. The smallest absolute Gasteiger partial charge is 0.119 e. The molecule has 0 N–H and O–H groups in total. The third kappa shape index (κ3) is 5.06. The third-order valence-corrected chi connectivity index (χ3v) is 5.39. The molecule has 0 unspecified atom stereocenters. The van der Waals surface area contributed by atoms with E-state index in [1.807, 2.05) is 30.3 Å². The number of anilines is 1. The van der Waals surface area contributed by atoms with Crippen molar-refractivity contribution < 1.29 is 4.74 Å². The summed E-state index contributed by atoms with van der Waals surface area (Å²) >= 11 is 5.99. The molecule has 1 fully saturated rings. The number of nitrogens with zero attached hydrogens (tertiary/aromatic N) is 2. The zero-order valence-electron chi connectivity index (χ0n) is 15.9. The summed E-state index contributed by atoms with van der Waals surface area (Å²) in [5, 5.41) is 0.790. The van der Waals surface area contributed by atoms with Crippen LogP contribution in [0.1, 0.15) is 11.1 Å². The van der Waals surface area contributed by atoms with Crippen molar-refractivity contribution in [2.75, 3.05) is 31.1 Å². The van der Waals surface area contributed by atoms with E-state index >= 15 is 0 Å². The molecule has 4 heteroatoms. The molecule has 28 heavy (non-hydrogen) atoms. The largest absolute Gasteiger partial charge is 0.489 e. The van der Waals surface area contributed by atoms with Gasteiger partial charge >= 0.3 is 0 Å². The van der Waals surface area contributed by atoms with Crippen molar-refractivity contribution in [3.63, 3.8) is 0 Å². The summed E-state index contributed by atoms with van der Waals surface area (Å²) < 4.78 is 5.88. The molecule has 0 atom stereocenters. The van der Waals surface area contributed by atoms with E-state index in [4.69, 9.17) is 16.3 Å². The topological polar surface area (TPSA) is 15.7 Å². The molecule has 144 valence electrons. The van der Waals surface area contributed by atoms with E-state index in [-0.39, 0.29) is 0 Å². The van der Waals surface area contributed by atoms with E-state index < -0.39 is 0 Å². The molecule has 1 heterocycles. The lowest BCUT2D eigenvalue weighted by Gasteiger charge is -2.36. The van der Waals surface area contributed by atoms with Gasteiger partial charge in [-0.05, 0) is 47.5 Å². The number of hydrogen-bond acceptors (Lipinski definition) is 3. The Labute approximate surface area is 172 Å². The van der Waals surface area contributed by atoms with Gasteiger partial charge in [0.15, 0.2) is 0 Å². The molecular formula is C24H25ClN2O. The fourth-order valence-electron chi connectivity index (χ4n) is 3.51. The van der Waals surface area contributed by atoms with Crippen molar-refractivity contribution in [2.45, 2.75) is 13.2 Å². The highest BCUT2D eigenvalue weighted by Crippen LogP contribution is 2.21. The number of piperazine rings is 1. The average molecular weight is 393 g/mol. The Morgan fingerprint density at radius 2 is 1.39 bits per heavy atom. The van der Waals surface area contributed by atoms with E-state index in [0.717, 1.165) is 43.5 Å². The lowest BCUT2D eigenvalue weighted by atomic mass is 10.2. The Hall–Kier alpha value is -2.49. The molecule has 1 aliphatic heterocycles. The number of halogens is 1. The number of rotatable bonds is 6. The number of ether oxygens (including phenoxy) is 1. The summed E-state index contributed by atoms with van der Waals surface area (Å²) in [6, 6.07) is 26.9. The zero-order chi connectivity index (χ0) is 19.2. The minimum Gasteiger partial charge on any atom is -0.489 e. The van der Waals surface area contributed by atoms with Gasteiger partial charge in [-0.2, -0.15) is 0 Å². The summed E-state index contributed by atoms with van der Waals surface area (Å²) in [5.74, 6) is 0.917. The highest BCUT2D eigenvalue weighted by molar-refractivity contribution is 6.30. The first-order chi connectivity index (χ1) is 13.8. The quantitative estimate of drug-likeness (QED) is 0.570. The van der Waals surface area contributed by atoms with E-state index in [1.54, 1.807) is 0 Å². The third-order valence-electron chi connectivity index (χ3n) is 5.14. The Bertz CT molecular complexity index is 857. The molecule has 1 aliphatic rings. The molecule has 0 aromatic heterocycles. The molecule has 3 aromatic carbocycles. The first-order valence-corrected chi connectivity index (χ1v) is 10.1. The van der Waals surface area contributed by atoms with Gasteiger partial charge in [0.2, 0.25) is 0 Å². The summed E-state index contributed by atoms with van der Waals surface area (Å²) in [6.45, 7) is 5.80. The van der Waals surface area contributed by atoms with Crippen LogP contribution in [0.5, 0.6) is 5.75 Å². The van der Waals surface area contributed by atoms with Crippen molar-refractivity contribution >= 4 is 17.3 Å². The predicted octanol–water partition coefficient (Wildman–Crippen LogP) is 5.24. The molecule has 1 saturated heterocycles. The minimum atomic E-state index is 0.604. The van der Waals surface area contributed by atoms with Gasteiger partial charge in [-0.1, -0.05) is 54.1 Å². The fraction of sp³-hybridized carbons (Fsp3) is 0.250. The molecule has 4 rings (SSSR count). The lowest BCUT2D eigenvalue weighted by molar-refractivity contribution is 0.249. The molecule has 3 nitrogen and oxygen atoms in total. The van der Waals surface area contributed by atoms with Crippen molar-refractivity contribution in [1.29, 1.82) is 0 Å². The molecule has 0 saturated carbocycles. The monoisotopic (exact) mass is 392 g/mol. The van der Waals surface area contributed by atoms with E-state index in [1.165, 1.54) is 16.8 Å². The predicted molar refractivity (Wildman–Crippen MR) is 116 cm³/mol. The molecular weight excluding hydrogens is 368 g/mol. The van der Waals surface area contributed by atoms with Gasteiger partial charge in [-0.25, -0.2) is 0 Å². The molecule has 0 bridgehead atoms. The molecule has 0 amide bonds. The van der Waals surface area contributed by atoms with Crippen LogP contribution in [-0.2, 0) is 13.2 Å². The van der Waals surface area contributed by atoms with Crippen LogP contribution in [0.25, 0.3) is 0 Å². The zero-order valence-corrected chi connectivity index (χ0v) is 16.7. The van der Waals surface area contributed by atoms with Crippen LogP contribution in [0.3, 0.4) is 0 Å². The van der Waals surface area contributed by atoms with Gasteiger partial charge in [-0.3, -0.25) is 4.90 Å². The van der Waals surface area contributed by atoms with Crippen LogP contribution < -0.4 is 9.64 Å². The van der Waals surface area contributed by atoms with Crippen LogP contribution in [0.4, 0.5) is 5.69 Å². The molecule has 0 aliphatic carbocycles. The molecule has 0 spiro atoms. The normalized spacial score (nSPS) is 14.8. The maximum Gasteiger partial charge on any atom is 0.119 e. The van der Waals surface area contributed by atoms with E-state index in [9.17, 15) is 0 Å². The minimum absolute atomic E-state index is 0.604. The van der Waals surface area contributed by atoms with Gasteiger partial charge in [0, 0.05) is 43.4 Å². The second-order valence-corrected chi connectivity index (χ2v) is 7.59. The van der Waals surface area contributed by atoms with Crippen LogP contribution >= 0.6 is 11.6 Å². The van der Waals surface area contributed by atoms with Crippen LogP contribution in [-0.4, -0.2) is 31.1 Å². The first kappa shape index (κ1) is 18.9. The lowest BCUT2D eigenvalue weighted by Crippen LogP contribution is -2.45. The maximum atomic E-state index is 5.99. The van der Waals surface area contributed by atoms with Crippen molar-refractivity contribution in [2.24, 2.45) is 0 Å². The maximum absolute atomic E-state index is 5.99. The summed E-state index contributed by atoms with van der Waals surface area (Å²) in [5.41, 5.74) is 3.76. The highest BCUT2D eigenvalue weighted by Gasteiger charge is 2.17. The second-order valence-electron chi connectivity index (χ2n) is 7.16. The fourth-order valence-corrected chi connectivity index (χ4v) is 3.63. The Morgan fingerprint density at radius 1 is 0.714 bits per heavy atom. The van der Waals surface area contributed by atoms with Crippen molar-refractivity contribution in [1.82, 2.24) is 4.90 Å². The summed E-state index contributed by atoms with van der Waals surface area (Å²) in [4.78, 5) is 4.93.